The molecule has 2 nitrogen and oxygen atoms in total. The summed E-state index contributed by atoms with van der Waals surface area (Å²) >= 11 is 0. The topological polar surface area (TPSA) is 37.3 Å². The van der Waals surface area contributed by atoms with E-state index in [1.165, 1.54) is 70.6 Å². The Morgan fingerprint density at radius 2 is 1.00 bits per heavy atom. The first-order valence-corrected chi connectivity index (χ1v) is 7.99. The molecule has 3 heteroatoms. The average Bonchev–Trinajstić information content (AvgIpc) is 2.34. The zero-order valence-electron chi connectivity index (χ0n) is 13.3. The maximum atomic E-state index is 10.3. The van der Waals surface area contributed by atoms with Gasteiger partial charge in [0.2, 0.25) is 0 Å². The van der Waals surface area contributed by atoms with E-state index in [9.17, 15) is 4.79 Å². The fraction of sp³-hybridized carbons (Fsp3) is 0.938. The third-order valence-electron chi connectivity index (χ3n) is 3.49. The molecule has 0 saturated carbocycles. The molecule has 0 rings (SSSR count). The van der Waals surface area contributed by atoms with E-state index >= 15 is 0 Å². The Bertz CT molecular complexity index is 184. The molecule has 0 saturated heterocycles. The van der Waals surface area contributed by atoms with E-state index in [1.54, 1.807) is 0 Å². The molecule has 0 bridgehead atoms. The molecule has 0 aliphatic rings. The molecule has 109 valence electrons. The van der Waals surface area contributed by atoms with Gasteiger partial charge in [-0.15, -0.1) is 0 Å². The third kappa shape index (κ3) is 21.6. The van der Waals surface area contributed by atoms with E-state index in [0.29, 0.717) is 6.42 Å². The number of rotatable bonds is 14. The van der Waals surface area contributed by atoms with Crippen molar-refractivity contribution in [2.24, 2.45) is 0 Å². The zero-order chi connectivity index (χ0) is 13.5. The maximum Gasteiger partial charge on any atom is 0.303 e. The largest absolute Gasteiger partial charge is 0.481 e. The molecule has 0 atom stereocenters. The number of hydrogen-bond acceptors (Lipinski definition) is 1. The smallest absolute Gasteiger partial charge is 0.303 e. The Morgan fingerprint density at radius 3 is 1.32 bits per heavy atom. The molecule has 19 heavy (non-hydrogen) atoms. The van der Waals surface area contributed by atoms with Crippen molar-refractivity contribution in [2.45, 2.75) is 96.8 Å². The Hall–Kier alpha value is 1.11. The summed E-state index contributed by atoms with van der Waals surface area (Å²) in [6.07, 6.45) is 17.3. The number of carbonyl (C=O) groups is 1. The van der Waals surface area contributed by atoms with Gasteiger partial charge in [-0.1, -0.05) is 84.0 Å². The van der Waals surface area contributed by atoms with Gasteiger partial charge in [0, 0.05) is 57.8 Å². The number of carboxylic acid groups (broad SMARTS) is 1. The van der Waals surface area contributed by atoms with Gasteiger partial charge in [0.05, 0.1) is 0 Å². The van der Waals surface area contributed by atoms with Gasteiger partial charge < -0.3 is 5.11 Å². The van der Waals surface area contributed by atoms with Crippen LogP contribution < -0.4 is 0 Å². The summed E-state index contributed by atoms with van der Waals surface area (Å²) in [5, 5.41) is 8.49. The first-order valence-electron chi connectivity index (χ1n) is 7.99. The SMILES string of the molecule is CCCCCCCCCCCC[13CH2][13CH2][13CH2][13C](=O)O.[K]. The van der Waals surface area contributed by atoms with Crippen LogP contribution in [0.25, 0.3) is 0 Å². The van der Waals surface area contributed by atoms with Crippen molar-refractivity contribution in [1.29, 1.82) is 0 Å². The zero-order valence-corrected chi connectivity index (χ0v) is 16.4. The third-order valence-corrected chi connectivity index (χ3v) is 3.49. The van der Waals surface area contributed by atoms with E-state index in [4.69, 9.17) is 5.11 Å². The summed E-state index contributed by atoms with van der Waals surface area (Å²) in [5.41, 5.74) is 0. The molecule has 0 aliphatic heterocycles. The van der Waals surface area contributed by atoms with Crippen molar-refractivity contribution in [2.75, 3.05) is 0 Å². The number of unbranched alkanes of at least 4 members (excludes halogenated alkanes) is 12. The van der Waals surface area contributed by atoms with Crippen molar-refractivity contribution in [3.05, 3.63) is 0 Å². The van der Waals surface area contributed by atoms with Crippen molar-refractivity contribution >= 4 is 57.4 Å². The minimum Gasteiger partial charge on any atom is -0.481 e. The molecule has 0 amide bonds. The van der Waals surface area contributed by atoms with Crippen LogP contribution in [0.4, 0.5) is 0 Å². The van der Waals surface area contributed by atoms with Crippen LogP contribution in [0.2, 0.25) is 0 Å². The first-order chi connectivity index (χ1) is 8.77. The second-order valence-corrected chi connectivity index (χ2v) is 5.39. The fourth-order valence-electron chi connectivity index (χ4n) is 2.29. The average molecular weight is 299 g/mol. The standard InChI is InChI=1S/C16H32O2.K/c1-2-3-4-5-6-7-8-9-10-11-12-13-14-15-16(17)18;/h2-15H2,1H3,(H,17,18);/i13+1,14+1,15+1,16+1;. The van der Waals surface area contributed by atoms with Crippen LogP contribution in [-0.2, 0) is 4.79 Å². The van der Waals surface area contributed by atoms with E-state index in [-0.39, 0.29) is 51.4 Å². The maximum absolute atomic E-state index is 10.3. The number of carboxylic acids is 1. The normalized spacial score (nSPS) is 10.2. The number of aliphatic carboxylic acids is 1. The van der Waals surface area contributed by atoms with Crippen molar-refractivity contribution in [1.82, 2.24) is 0 Å². The summed E-state index contributed by atoms with van der Waals surface area (Å²) in [4.78, 5) is 10.3. The van der Waals surface area contributed by atoms with Crippen LogP contribution in [0, 0.1) is 0 Å². The van der Waals surface area contributed by atoms with E-state index in [1.807, 2.05) is 0 Å². The van der Waals surface area contributed by atoms with Gasteiger partial charge in [-0.25, -0.2) is 0 Å². The van der Waals surface area contributed by atoms with Gasteiger partial charge in [-0.2, -0.15) is 0 Å². The Kier molecular flexibility index (Phi) is 22.5. The summed E-state index contributed by atoms with van der Waals surface area (Å²) in [6.45, 7) is 2.26. The predicted molar refractivity (Wildman–Crippen MR) is 83.7 cm³/mol. The molecule has 0 heterocycles. The molecule has 0 spiro atoms. The molecule has 1 radical (unpaired) electrons. The monoisotopic (exact) mass is 299 g/mol. The Morgan fingerprint density at radius 1 is 0.684 bits per heavy atom. The summed E-state index contributed by atoms with van der Waals surface area (Å²) < 4.78 is 0. The summed E-state index contributed by atoms with van der Waals surface area (Å²) in [5.74, 6) is -0.655. The fourth-order valence-corrected chi connectivity index (χ4v) is 2.29. The van der Waals surface area contributed by atoms with E-state index in [2.05, 4.69) is 6.92 Å². The van der Waals surface area contributed by atoms with Crippen molar-refractivity contribution in [3.63, 3.8) is 0 Å². The molecule has 0 fully saturated rings. The molecular weight excluding hydrogens is 267 g/mol. The molecule has 0 aromatic heterocycles. The van der Waals surface area contributed by atoms with Crippen LogP contribution in [0.3, 0.4) is 0 Å². The molecular formula is C16H32KO2. The van der Waals surface area contributed by atoms with Gasteiger partial charge in [0.25, 0.3) is 0 Å². The number of hydrogen-bond donors (Lipinski definition) is 1. The van der Waals surface area contributed by atoms with Gasteiger partial charge in [-0.3, -0.25) is 4.79 Å². The van der Waals surface area contributed by atoms with Gasteiger partial charge in [-0.05, 0) is 6.42 Å². The van der Waals surface area contributed by atoms with Crippen LogP contribution in [-0.4, -0.2) is 62.5 Å². The molecule has 0 aromatic carbocycles. The molecule has 1 N–H and O–H groups in total. The van der Waals surface area contributed by atoms with Crippen molar-refractivity contribution in [3.8, 4) is 0 Å². The second kappa shape index (κ2) is 19.1. The van der Waals surface area contributed by atoms with Gasteiger partial charge >= 0.3 is 5.97 Å². The second-order valence-electron chi connectivity index (χ2n) is 5.39. The van der Waals surface area contributed by atoms with Gasteiger partial charge in [0.15, 0.2) is 0 Å². The quantitative estimate of drug-likeness (QED) is 0.273. The minimum atomic E-state index is -0.655. The Balaban J connectivity index is 0. The summed E-state index contributed by atoms with van der Waals surface area (Å²) in [7, 11) is 0. The van der Waals surface area contributed by atoms with E-state index < -0.39 is 5.97 Å². The minimum absolute atomic E-state index is 0. The van der Waals surface area contributed by atoms with Crippen LogP contribution in [0.1, 0.15) is 96.8 Å². The molecule has 0 aliphatic carbocycles. The summed E-state index contributed by atoms with van der Waals surface area (Å²) in [6, 6.07) is 0. The predicted octanol–water partition coefficient (Wildman–Crippen LogP) is 5.17. The molecule has 0 unspecified atom stereocenters. The van der Waals surface area contributed by atoms with Crippen LogP contribution in [0.15, 0.2) is 0 Å². The van der Waals surface area contributed by atoms with Gasteiger partial charge in [0.1, 0.15) is 0 Å². The van der Waals surface area contributed by atoms with Crippen molar-refractivity contribution < 1.29 is 9.90 Å². The Labute approximate surface area is 162 Å². The van der Waals surface area contributed by atoms with E-state index in [0.717, 1.165) is 12.8 Å². The van der Waals surface area contributed by atoms with Crippen LogP contribution in [0.5, 0.6) is 0 Å². The van der Waals surface area contributed by atoms with Crippen LogP contribution >= 0.6 is 0 Å². The molecule has 0 aromatic rings. The first kappa shape index (κ1) is 22.4.